The van der Waals surface area contributed by atoms with E-state index in [9.17, 15) is 18.4 Å². The van der Waals surface area contributed by atoms with Gasteiger partial charge in [0.1, 0.15) is 0 Å². The van der Waals surface area contributed by atoms with Crippen LogP contribution in [0.4, 0.5) is 14.5 Å². The van der Waals surface area contributed by atoms with Gasteiger partial charge in [0, 0.05) is 10.8 Å². The molecule has 1 aromatic rings. The van der Waals surface area contributed by atoms with Gasteiger partial charge in [0.15, 0.2) is 0 Å². The molecule has 0 atom stereocenters. The van der Waals surface area contributed by atoms with Crippen molar-refractivity contribution in [1.82, 2.24) is 0 Å². The minimum absolute atomic E-state index is 0.222. The van der Waals surface area contributed by atoms with Crippen LogP contribution >= 0.6 is 23.4 Å². The number of benzene rings is 1. The number of carboxylic acid groups (broad SMARTS) is 1. The highest BCUT2D eigenvalue weighted by Gasteiger charge is 2.30. The third-order valence-corrected chi connectivity index (χ3v) is 5.60. The molecule has 2 N–H and O–H groups in total. The lowest BCUT2D eigenvalue weighted by molar-refractivity contribution is -0.143. The maximum Gasteiger partial charge on any atom is 0.306 e. The molecule has 132 valence electrons. The van der Waals surface area contributed by atoms with Gasteiger partial charge in [-0.15, -0.1) is 11.8 Å². The number of carbonyl (C=O) groups excluding carboxylic acids is 1. The molecule has 1 saturated carbocycles. The lowest BCUT2D eigenvalue weighted by Gasteiger charge is -2.25. The van der Waals surface area contributed by atoms with Gasteiger partial charge in [0.2, 0.25) is 12.3 Å². The summed E-state index contributed by atoms with van der Waals surface area (Å²) in [5.41, 5.74) is 0.415. The zero-order valence-corrected chi connectivity index (χ0v) is 14.4. The Labute approximate surface area is 147 Å². The molecule has 1 fully saturated rings. The SMILES string of the molecule is O=C(O)C1CCC(C(=O)Nc2cccc(Cl)c2SCC(F)F)CC1. The van der Waals surface area contributed by atoms with Crippen LogP contribution in [-0.4, -0.2) is 29.2 Å². The van der Waals surface area contributed by atoms with Gasteiger partial charge in [0.05, 0.1) is 22.4 Å². The summed E-state index contributed by atoms with van der Waals surface area (Å²) in [5.74, 6) is -2.12. The molecule has 1 amide bonds. The van der Waals surface area contributed by atoms with E-state index in [2.05, 4.69) is 5.32 Å². The highest BCUT2D eigenvalue weighted by Crippen LogP contribution is 2.36. The van der Waals surface area contributed by atoms with E-state index < -0.39 is 24.1 Å². The first-order valence-electron chi connectivity index (χ1n) is 7.61. The van der Waals surface area contributed by atoms with Crippen molar-refractivity contribution in [3.05, 3.63) is 23.2 Å². The van der Waals surface area contributed by atoms with Crippen LogP contribution in [0.3, 0.4) is 0 Å². The molecule has 0 unspecified atom stereocenters. The highest BCUT2D eigenvalue weighted by atomic mass is 35.5. The van der Waals surface area contributed by atoms with Crippen molar-refractivity contribution in [2.24, 2.45) is 11.8 Å². The van der Waals surface area contributed by atoms with Gasteiger partial charge < -0.3 is 10.4 Å². The van der Waals surface area contributed by atoms with Crippen molar-refractivity contribution in [1.29, 1.82) is 0 Å². The van der Waals surface area contributed by atoms with Crippen LogP contribution in [0.2, 0.25) is 5.02 Å². The zero-order chi connectivity index (χ0) is 17.7. The van der Waals surface area contributed by atoms with Gasteiger partial charge in [-0.05, 0) is 37.8 Å². The number of hydrogen-bond acceptors (Lipinski definition) is 3. The molecular formula is C16H18ClF2NO3S. The number of anilines is 1. The number of carbonyl (C=O) groups is 2. The second kappa shape index (κ2) is 8.67. The smallest absolute Gasteiger partial charge is 0.306 e. The standard InChI is InChI=1S/C16H18ClF2NO3S/c17-11-2-1-3-12(14(11)24-8-13(18)19)20-15(21)9-4-6-10(7-5-9)16(22)23/h1-3,9-10,13H,4-8H2,(H,20,21)(H,22,23). The van der Waals surface area contributed by atoms with Gasteiger partial charge in [-0.1, -0.05) is 17.7 Å². The fraction of sp³-hybridized carbons (Fsp3) is 0.500. The average Bonchev–Trinajstić information content (AvgIpc) is 2.54. The molecule has 4 nitrogen and oxygen atoms in total. The fourth-order valence-corrected chi connectivity index (χ4v) is 3.85. The van der Waals surface area contributed by atoms with Gasteiger partial charge in [0.25, 0.3) is 0 Å². The number of aliphatic carboxylic acids is 1. The third kappa shape index (κ3) is 5.08. The van der Waals surface area contributed by atoms with Gasteiger partial charge in [-0.3, -0.25) is 9.59 Å². The van der Waals surface area contributed by atoms with E-state index in [4.69, 9.17) is 16.7 Å². The van der Waals surface area contributed by atoms with Crippen molar-refractivity contribution in [2.75, 3.05) is 11.1 Å². The largest absolute Gasteiger partial charge is 0.481 e. The maximum absolute atomic E-state index is 12.4. The molecule has 0 saturated heterocycles. The predicted molar refractivity (Wildman–Crippen MR) is 89.9 cm³/mol. The second-order valence-corrected chi connectivity index (χ2v) is 7.13. The number of halogens is 3. The Morgan fingerprint density at radius 2 is 1.88 bits per heavy atom. The van der Waals surface area contributed by atoms with Crippen molar-refractivity contribution >= 4 is 40.9 Å². The molecule has 24 heavy (non-hydrogen) atoms. The van der Waals surface area contributed by atoms with Crippen LogP contribution in [0.1, 0.15) is 25.7 Å². The van der Waals surface area contributed by atoms with Crippen molar-refractivity contribution in [2.45, 2.75) is 37.0 Å². The van der Waals surface area contributed by atoms with Crippen LogP contribution in [0, 0.1) is 11.8 Å². The van der Waals surface area contributed by atoms with Crippen molar-refractivity contribution in [3.63, 3.8) is 0 Å². The Morgan fingerprint density at radius 3 is 2.46 bits per heavy atom. The summed E-state index contributed by atoms with van der Waals surface area (Å²) in [6.45, 7) is 0. The number of hydrogen-bond donors (Lipinski definition) is 2. The minimum Gasteiger partial charge on any atom is -0.481 e. The van der Waals surface area contributed by atoms with E-state index in [0.717, 1.165) is 11.8 Å². The van der Waals surface area contributed by atoms with E-state index >= 15 is 0 Å². The molecule has 2 rings (SSSR count). The van der Waals surface area contributed by atoms with Crippen LogP contribution in [-0.2, 0) is 9.59 Å². The first-order valence-corrected chi connectivity index (χ1v) is 8.98. The maximum atomic E-state index is 12.4. The number of nitrogens with one attached hydrogen (secondary N) is 1. The lowest BCUT2D eigenvalue weighted by atomic mass is 9.81. The number of rotatable bonds is 6. The zero-order valence-electron chi connectivity index (χ0n) is 12.8. The molecule has 1 aliphatic carbocycles. The van der Waals surface area contributed by atoms with Crippen LogP contribution in [0.15, 0.2) is 23.1 Å². The molecule has 8 heteroatoms. The van der Waals surface area contributed by atoms with E-state index in [1.807, 2.05) is 0 Å². The number of thioether (sulfide) groups is 1. The normalized spacial score (nSPS) is 20.8. The Kier molecular flexibility index (Phi) is 6.86. The fourth-order valence-electron chi connectivity index (χ4n) is 2.74. The Morgan fingerprint density at radius 1 is 1.25 bits per heavy atom. The molecule has 0 radical (unpaired) electrons. The molecule has 1 aromatic carbocycles. The molecule has 0 aliphatic heterocycles. The summed E-state index contributed by atoms with van der Waals surface area (Å²) in [5, 5.41) is 12.1. The average molecular weight is 378 g/mol. The van der Waals surface area contributed by atoms with E-state index in [1.165, 1.54) is 0 Å². The van der Waals surface area contributed by atoms with E-state index in [1.54, 1.807) is 18.2 Å². The summed E-state index contributed by atoms with van der Waals surface area (Å²) in [7, 11) is 0. The summed E-state index contributed by atoms with van der Waals surface area (Å²) in [4.78, 5) is 23.8. The van der Waals surface area contributed by atoms with Crippen molar-refractivity contribution < 1.29 is 23.5 Å². The molecule has 1 aliphatic rings. The molecule has 0 heterocycles. The number of alkyl halides is 2. The van der Waals surface area contributed by atoms with Gasteiger partial charge >= 0.3 is 5.97 Å². The summed E-state index contributed by atoms with van der Waals surface area (Å²) in [6.07, 6.45) is -0.529. The van der Waals surface area contributed by atoms with E-state index in [-0.39, 0.29) is 11.8 Å². The number of carboxylic acids is 1. The summed E-state index contributed by atoms with van der Waals surface area (Å²) < 4.78 is 24.9. The van der Waals surface area contributed by atoms with Crippen LogP contribution in [0.5, 0.6) is 0 Å². The van der Waals surface area contributed by atoms with E-state index in [0.29, 0.717) is 41.3 Å². The minimum atomic E-state index is -2.47. The summed E-state index contributed by atoms with van der Waals surface area (Å²) >= 11 is 6.95. The van der Waals surface area contributed by atoms with Gasteiger partial charge in [-0.2, -0.15) is 0 Å². The van der Waals surface area contributed by atoms with Crippen LogP contribution < -0.4 is 5.32 Å². The third-order valence-electron chi connectivity index (χ3n) is 4.03. The first kappa shape index (κ1) is 19.0. The van der Waals surface area contributed by atoms with Crippen molar-refractivity contribution in [3.8, 4) is 0 Å². The summed E-state index contributed by atoms with van der Waals surface area (Å²) in [6, 6.07) is 4.86. The molecule has 0 bridgehead atoms. The Bertz CT molecular complexity index is 607. The molecule has 0 spiro atoms. The topological polar surface area (TPSA) is 66.4 Å². The van der Waals surface area contributed by atoms with Gasteiger partial charge in [-0.25, -0.2) is 8.78 Å². The monoisotopic (exact) mass is 377 g/mol. The highest BCUT2D eigenvalue weighted by molar-refractivity contribution is 7.99. The van der Waals surface area contributed by atoms with Crippen LogP contribution in [0.25, 0.3) is 0 Å². The predicted octanol–water partition coefficient (Wildman–Crippen LogP) is 4.53. The lowest BCUT2D eigenvalue weighted by Crippen LogP contribution is -2.29. The molecular weight excluding hydrogens is 360 g/mol. The quantitative estimate of drug-likeness (QED) is 0.715. The Balaban J connectivity index is 2.01. The first-order chi connectivity index (χ1) is 11.4. The molecule has 0 aromatic heterocycles. The number of amides is 1. The Hall–Kier alpha value is -1.34. The second-order valence-electron chi connectivity index (χ2n) is 5.69.